The fourth-order valence-electron chi connectivity index (χ4n) is 5.76. The predicted molar refractivity (Wildman–Crippen MR) is 138 cm³/mol. The molecule has 1 heterocycles. The van der Waals surface area contributed by atoms with Crippen molar-refractivity contribution < 1.29 is 19.7 Å². The Morgan fingerprint density at radius 2 is 1.97 bits per heavy atom. The summed E-state index contributed by atoms with van der Waals surface area (Å²) in [5, 5.41) is 21.2. The summed E-state index contributed by atoms with van der Waals surface area (Å²) in [4.78, 5) is 10.8. The highest BCUT2D eigenvalue weighted by Gasteiger charge is 2.48. The summed E-state index contributed by atoms with van der Waals surface area (Å²) in [6.07, 6.45) is 15.2. The second-order valence-corrected chi connectivity index (χ2v) is 11.4. The molecule has 0 saturated carbocycles. The Balaban J connectivity index is 1.77. The van der Waals surface area contributed by atoms with Crippen molar-refractivity contribution in [3.05, 3.63) is 34.4 Å². The Labute approximate surface area is 208 Å². The summed E-state index contributed by atoms with van der Waals surface area (Å²) in [6.45, 7) is 14.9. The smallest absolute Gasteiger partial charge is 0.111 e. The second kappa shape index (κ2) is 12.5. The number of aliphatic carboxylic acids is 1. The first-order valence-electron chi connectivity index (χ1n) is 13.6. The number of carbonyl (C=O) groups is 1. The molecular formula is C30H49O4-. The van der Waals surface area contributed by atoms with Gasteiger partial charge in [-0.1, -0.05) is 45.3 Å². The maximum Gasteiger partial charge on any atom is 0.111 e. The van der Waals surface area contributed by atoms with E-state index in [-0.39, 0.29) is 17.1 Å². The molecule has 0 radical (unpaired) electrons. The van der Waals surface area contributed by atoms with Crippen LogP contribution in [0.3, 0.4) is 0 Å². The van der Waals surface area contributed by atoms with E-state index in [1.807, 2.05) is 13.0 Å². The summed E-state index contributed by atoms with van der Waals surface area (Å²) in [7, 11) is 0. The number of ether oxygens (including phenoxy) is 1. The van der Waals surface area contributed by atoms with Gasteiger partial charge in [0.25, 0.3) is 0 Å². The average molecular weight is 474 g/mol. The standard InChI is InChI=1S/C30H50O4/c1-8-30-25(6)24(5)27(31)20-26(30)17-19-29(7,34-30)18-11-15-22(3)13-9-12-21(2)14-10-16-23(4)28(32)33/h12,20,22-23,27,31H,8-11,13-19H2,1-7H3,(H,32,33)/p-1/b21-12+. The summed E-state index contributed by atoms with van der Waals surface area (Å²) in [5.74, 6) is -0.617. The Morgan fingerprint density at radius 1 is 1.26 bits per heavy atom. The predicted octanol–water partition coefficient (Wildman–Crippen LogP) is 6.43. The van der Waals surface area contributed by atoms with Gasteiger partial charge in [0, 0.05) is 5.97 Å². The first-order chi connectivity index (χ1) is 15.9. The minimum absolute atomic E-state index is 0.115. The Morgan fingerprint density at radius 3 is 2.62 bits per heavy atom. The van der Waals surface area contributed by atoms with Crippen molar-refractivity contribution in [3.63, 3.8) is 0 Å². The Bertz CT molecular complexity index is 792. The van der Waals surface area contributed by atoms with Crippen LogP contribution in [-0.2, 0) is 9.53 Å². The molecule has 5 atom stereocenters. The van der Waals surface area contributed by atoms with Gasteiger partial charge in [-0.05, 0) is 120 Å². The molecule has 5 unspecified atom stereocenters. The van der Waals surface area contributed by atoms with Crippen LogP contribution in [0.5, 0.6) is 0 Å². The van der Waals surface area contributed by atoms with Crippen LogP contribution in [-0.4, -0.2) is 28.4 Å². The number of allylic oxidation sites excluding steroid dienone is 2. The lowest BCUT2D eigenvalue weighted by Gasteiger charge is -2.51. The van der Waals surface area contributed by atoms with E-state index in [1.54, 1.807) is 6.92 Å². The molecule has 1 fully saturated rings. The Hall–Kier alpha value is -1.39. The Kier molecular flexibility index (Phi) is 10.6. The molecule has 4 nitrogen and oxygen atoms in total. The van der Waals surface area contributed by atoms with E-state index in [4.69, 9.17) is 4.74 Å². The molecule has 194 valence electrons. The molecule has 34 heavy (non-hydrogen) atoms. The first-order valence-corrected chi connectivity index (χ1v) is 13.6. The van der Waals surface area contributed by atoms with E-state index in [1.165, 1.54) is 36.0 Å². The molecule has 0 bridgehead atoms. The van der Waals surface area contributed by atoms with Crippen molar-refractivity contribution in [3.8, 4) is 0 Å². The molecule has 4 heteroatoms. The van der Waals surface area contributed by atoms with Gasteiger partial charge in [0.1, 0.15) is 5.60 Å². The van der Waals surface area contributed by atoms with Gasteiger partial charge >= 0.3 is 0 Å². The fourth-order valence-corrected chi connectivity index (χ4v) is 5.76. The van der Waals surface area contributed by atoms with Gasteiger partial charge in [-0.15, -0.1) is 0 Å². The van der Waals surface area contributed by atoms with Crippen LogP contribution in [0.25, 0.3) is 0 Å². The minimum Gasteiger partial charge on any atom is -0.550 e. The molecule has 0 amide bonds. The molecule has 1 aliphatic carbocycles. The average Bonchev–Trinajstić information content (AvgIpc) is 2.78. The summed E-state index contributed by atoms with van der Waals surface area (Å²) in [6, 6.07) is 0. The van der Waals surface area contributed by atoms with E-state index < -0.39 is 12.1 Å². The van der Waals surface area contributed by atoms with E-state index in [2.05, 4.69) is 40.7 Å². The zero-order valence-corrected chi connectivity index (χ0v) is 22.8. The number of carboxylic acids is 1. The molecule has 1 aliphatic heterocycles. The van der Waals surface area contributed by atoms with Crippen molar-refractivity contribution >= 4 is 5.97 Å². The molecule has 0 aromatic heterocycles. The topological polar surface area (TPSA) is 69.6 Å². The van der Waals surface area contributed by atoms with E-state index in [9.17, 15) is 15.0 Å². The van der Waals surface area contributed by atoms with E-state index in [0.29, 0.717) is 12.3 Å². The third-order valence-corrected chi connectivity index (χ3v) is 8.53. The van der Waals surface area contributed by atoms with Gasteiger partial charge in [-0.3, -0.25) is 0 Å². The number of fused-ring (bicyclic) bond motifs is 1. The van der Waals surface area contributed by atoms with Crippen molar-refractivity contribution in [1.82, 2.24) is 0 Å². The maximum absolute atomic E-state index is 10.8. The third kappa shape index (κ3) is 7.31. The van der Waals surface area contributed by atoms with Crippen LogP contribution in [0, 0.1) is 11.8 Å². The first kappa shape index (κ1) is 28.8. The van der Waals surface area contributed by atoms with Crippen molar-refractivity contribution in [2.45, 2.75) is 136 Å². The zero-order valence-electron chi connectivity index (χ0n) is 22.8. The lowest BCUT2D eigenvalue weighted by molar-refractivity contribution is -0.311. The van der Waals surface area contributed by atoms with Crippen LogP contribution in [0.15, 0.2) is 34.4 Å². The fraction of sp³-hybridized carbons (Fsp3) is 0.767. The highest BCUT2D eigenvalue weighted by Crippen LogP contribution is 2.50. The van der Waals surface area contributed by atoms with Crippen LogP contribution < -0.4 is 5.11 Å². The number of hydrogen-bond donors (Lipinski definition) is 1. The highest BCUT2D eigenvalue weighted by atomic mass is 16.5. The quantitative estimate of drug-likeness (QED) is 0.313. The number of aliphatic hydroxyl groups is 1. The molecular weight excluding hydrogens is 424 g/mol. The number of carbonyl (C=O) groups excluding carboxylic acids is 1. The van der Waals surface area contributed by atoms with Crippen LogP contribution in [0.2, 0.25) is 0 Å². The molecule has 0 spiro atoms. The summed E-state index contributed by atoms with van der Waals surface area (Å²) >= 11 is 0. The largest absolute Gasteiger partial charge is 0.550 e. The summed E-state index contributed by atoms with van der Waals surface area (Å²) < 4.78 is 6.92. The van der Waals surface area contributed by atoms with Gasteiger partial charge in [-0.2, -0.15) is 0 Å². The molecule has 0 aromatic rings. The van der Waals surface area contributed by atoms with Gasteiger partial charge in [-0.25, -0.2) is 0 Å². The van der Waals surface area contributed by atoms with Crippen LogP contribution in [0.4, 0.5) is 0 Å². The summed E-state index contributed by atoms with van der Waals surface area (Å²) in [5.41, 5.74) is 4.44. The number of aliphatic hydroxyl groups excluding tert-OH is 1. The van der Waals surface area contributed by atoms with Gasteiger partial charge in [0.15, 0.2) is 0 Å². The van der Waals surface area contributed by atoms with Gasteiger partial charge in [0.2, 0.25) is 0 Å². The van der Waals surface area contributed by atoms with Gasteiger partial charge in [0.05, 0.1) is 11.7 Å². The van der Waals surface area contributed by atoms with E-state index >= 15 is 0 Å². The molecule has 0 aromatic carbocycles. The third-order valence-electron chi connectivity index (χ3n) is 8.53. The normalized spacial score (nSPS) is 29.5. The molecule has 1 saturated heterocycles. The molecule has 2 rings (SSSR count). The van der Waals surface area contributed by atoms with Crippen molar-refractivity contribution in [2.24, 2.45) is 11.8 Å². The monoisotopic (exact) mass is 473 g/mol. The van der Waals surface area contributed by atoms with Crippen molar-refractivity contribution in [2.75, 3.05) is 0 Å². The number of hydrogen-bond acceptors (Lipinski definition) is 4. The van der Waals surface area contributed by atoms with Crippen molar-refractivity contribution in [1.29, 1.82) is 0 Å². The van der Waals surface area contributed by atoms with Crippen LogP contribution >= 0.6 is 0 Å². The van der Waals surface area contributed by atoms with Gasteiger partial charge < -0.3 is 19.7 Å². The lowest BCUT2D eigenvalue weighted by Crippen LogP contribution is -2.51. The van der Waals surface area contributed by atoms with E-state index in [0.717, 1.165) is 50.5 Å². The lowest BCUT2D eigenvalue weighted by atomic mass is 9.70. The second-order valence-electron chi connectivity index (χ2n) is 11.4. The molecule has 2 aliphatic rings. The minimum atomic E-state index is -0.941. The molecule has 1 N–H and O–H groups in total. The van der Waals surface area contributed by atoms with Crippen LogP contribution in [0.1, 0.15) is 119 Å². The number of rotatable bonds is 13. The SMILES string of the molecule is CCC12OC(C)(CCCC(C)CC/C=C(\C)CCCC(C)C(=O)[O-])CCC1=CC(O)C(C)=C2C. The highest BCUT2D eigenvalue weighted by molar-refractivity contribution is 5.66. The maximum atomic E-state index is 10.8. The zero-order chi connectivity index (χ0) is 25.5. The number of carboxylic acid groups (broad SMARTS) is 1.